The maximum absolute atomic E-state index is 13.4. The van der Waals surface area contributed by atoms with Crippen LogP contribution in [0.2, 0.25) is 0 Å². The highest BCUT2D eigenvalue weighted by atomic mass is 16.6. The minimum absolute atomic E-state index is 0.0152. The molecule has 4 rings (SSSR count). The predicted octanol–water partition coefficient (Wildman–Crippen LogP) is 4.79. The van der Waals surface area contributed by atoms with Crippen LogP contribution in [0.15, 0.2) is 18.2 Å². The average Bonchev–Trinajstić information content (AvgIpc) is 3.46. The summed E-state index contributed by atoms with van der Waals surface area (Å²) in [6, 6.07) is 5.69. The summed E-state index contributed by atoms with van der Waals surface area (Å²) < 4.78 is 6.24. The van der Waals surface area contributed by atoms with E-state index in [2.05, 4.69) is 9.97 Å². The minimum atomic E-state index is -0.772. The van der Waals surface area contributed by atoms with Gasteiger partial charge in [-0.2, -0.15) is 0 Å². The van der Waals surface area contributed by atoms with Gasteiger partial charge >= 0.3 is 5.97 Å². The van der Waals surface area contributed by atoms with Crippen LogP contribution in [0.1, 0.15) is 80.7 Å². The summed E-state index contributed by atoms with van der Waals surface area (Å²) in [6.45, 7) is 5.98. The summed E-state index contributed by atoms with van der Waals surface area (Å²) >= 11 is 0. The molecule has 1 aliphatic heterocycles. The zero-order valence-electron chi connectivity index (χ0n) is 20.1. The number of aromatic amines is 1. The normalized spacial score (nSPS) is 23.8. The number of aromatic hydroxyl groups is 1. The van der Waals surface area contributed by atoms with E-state index in [4.69, 9.17) is 4.74 Å². The van der Waals surface area contributed by atoms with Crippen molar-refractivity contribution in [1.82, 2.24) is 9.97 Å². The number of hydrogen-bond donors (Lipinski definition) is 2. The van der Waals surface area contributed by atoms with Crippen LogP contribution in [-0.4, -0.2) is 32.4 Å². The Balaban J connectivity index is 1.53. The number of imidazole rings is 1. The van der Waals surface area contributed by atoms with E-state index in [9.17, 15) is 14.7 Å². The maximum atomic E-state index is 13.4. The van der Waals surface area contributed by atoms with Crippen LogP contribution in [0.4, 0.5) is 0 Å². The fourth-order valence-corrected chi connectivity index (χ4v) is 5.63. The Labute approximate surface area is 196 Å². The topological polar surface area (TPSA) is 92.3 Å². The Morgan fingerprint density at radius 3 is 2.58 bits per heavy atom. The fourth-order valence-electron chi connectivity index (χ4n) is 5.63. The molecule has 6 nitrogen and oxygen atoms in total. The average molecular weight is 453 g/mol. The first-order valence-corrected chi connectivity index (χ1v) is 12.5. The molecule has 2 N–H and O–H groups in total. The number of carbonyl (C=O) groups is 2. The number of ether oxygens (including phenoxy) is 1. The van der Waals surface area contributed by atoms with Crippen LogP contribution in [0.25, 0.3) is 0 Å². The highest BCUT2D eigenvalue weighted by Crippen LogP contribution is 2.45. The van der Waals surface area contributed by atoms with E-state index in [1.165, 1.54) is 0 Å². The molecule has 1 aromatic heterocycles. The Bertz CT molecular complexity index is 1000. The van der Waals surface area contributed by atoms with Gasteiger partial charge in [0, 0.05) is 25.0 Å². The fraction of sp³-hybridized carbons (Fsp3) is 0.593. The number of Topliss-reactive ketones (excluding diaryl/α,β-unsaturated/α-hetero) is 1. The lowest BCUT2D eigenvalue weighted by atomic mass is 9.73. The molecule has 0 spiro atoms. The molecule has 1 aliphatic carbocycles. The molecule has 0 radical (unpaired) electrons. The van der Waals surface area contributed by atoms with Gasteiger partial charge in [0.1, 0.15) is 23.1 Å². The molecule has 0 amide bonds. The molecule has 1 saturated carbocycles. The number of aryl methyl sites for hydroxylation is 4. The summed E-state index contributed by atoms with van der Waals surface area (Å²) in [7, 11) is 0. The van der Waals surface area contributed by atoms with Crippen molar-refractivity contribution < 1.29 is 19.4 Å². The van der Waals surface area contributed by atoms with Crippen molar-refractivity contribution in [2.24, 2.45) is 11.8 Å². The Morgan fingerprint density at radius 2 is 1.94 bits per heavy atom. The van der Waals surface area contributed by atoms with Crippen molar-refractivity contribution in [1.29, 1.82) is 0 Å². The van der Waals surface area contributed by atoms with Crippen LogP contribution < -0.4 is 0 Å². The lowest BCUT2D eigenvalue weighted by Crippen LogP contribution is -2.52. The molecule has 2 unspecified atom stereocenters. The number of rotatable bonds is 8. The van der Waals surface area contributed by atoms with Gasteiger partial charge in [-0.05, 0) is 62.1 Å². The smallest absolute Gasteiger partial charge is 0.317 e. The molecular formula is C27H36N2O4. The van der Waals surface area contributed by atoms with E-state index in [1.807, 2.05) is 32.9 Å². The summed E-state index contributed by atoms with van der Waals surface area (Å²) in [5, 5.41) is 10.0. The van der Waals surface area contributed by atoms with E-state index >= 15 is 0 Å². The Hall–Kier alpha value is -2.63. The van der Waals surface area contributed by atoms with E-state index in [-0.39, 0.29) is 18.1 Å². The van der Waals surface area contributed by atoms with Crippen molar-refractivity contribution in [2.75, 3.05) is 0 Å². The molecule has 178 valence electrons. The third-order valence-electron chi connectivity index (χ3n) is 7.68. The number of nitrogens with zero attached hydrogens (tertiary/aromatic N) is 1. The van der Waals surface area contributed by atoms with Crippen molar-refractivity contribution >= 4 is 11.8 Å². The van der Waals surface area contributed by atoms with Crippen LogP contribution in [0.3, 0.4) is 0 Å². The van der Waals surface area contributed by atoms with Gasteiger partial charge in [0.05, 0.1) is 5.69 Å². The molecule has 6 heteroatoms. The SMILES string of the molecule is CCc1nc(CC2C(=O)CC(CCc3ccc(O)c(CC)c3)(C3CCCC3)OC2=O)c(C)[nH]1. The molecule has 2 fully saturated rings. The van der Waals surface area contributed by atoms with Gasteiger partial charge in [0.25, 0.3) is 0 Å². The van der Waals surface area contributed by atoms with Crippen molar-refractivity contribution in [3.63, 3.8) is 0 Å². The van der Waals surface area contributed by atoms with Crippen LogP contribution in [0.5, 0.6) is 5.75 Å². The van der Waals surface area contributed by atoms with E-state index in [0.717, 1.165) is 66.9 Å². The van der Waals surface area contributed by atoms with Gasteiger partial charge in [-0.3, -0.25) is 9.59 Å². The number of ketones is 1. The predicted molar refractivity (Wildman–Crippen MR) is 126 cm³/mol. The second kappa shape index (κ2) is 9.70. The van der Waals surface area contributed by atoms with Crippen molar-refractivity contribution in [3.8, 4) is 5.75 Å². The van der Waals surface area contributed by atoms with Crippen LogP contribution in [-0.2, 0) is 40.0 Å². The van der Waals surface area contributed by atoms with Crippen molar-refractivity contribution in [2.45, 2.75) is 90.6 Å². The molecule has 2 atom stereocenters. The van der Waals surface area contributed by atoms with Crippen LogP contribution in [0, 0.1) is 18.8 Å². The van der Waals surface area contributed by atoms with Gasteiger partial charge in [0.2, 0.25) is 0 Å². The standard InChI is InChI=1S/C27H36N2O4/c1-4-19-14-18(10-11-23(19)30)12-13-27(20-8-6-7-9-20)16-24(31)21(26(32)33-27)15-22-17(3)28-25(5-2)29-22/h10-11,14,20-21,30H,4-9,12-13,15-16H2,1-3H3,(H,28,29). The number of aromatic nitrogens is 2. The third kappa shape index (κ3) is 4.85. The van der Waals surface area contributed by atoms with E-state index in [0.29, 0.717) is 25.0 Å². The lowest BCUT2D eigenvalue weighted by molar-refractivity contribution is -0.185. The Morgan fingerprint density at radius 1 is 1.18 bits per heavy atom. The molecule has 2 heterocycles. The monoisotopic (exact) mass is 452 g/mol. The number of nitrogens with one attached hydrogen (secondary N) is 1. The highest BCUT2D eigenvalue weighted by Gasteiger charge is 2.51. The quantitative estimate of drug-likeness (QED) is 0.444. The van der Waals surface area contributed by atoms with Gasteiger partial charge < -0.3 is 14.8 Å². The van der Waals surface area contributed by atoms with Crippen molar-refractivity contribution in [3.05, 3.63) is 46.5 Å². The molecule has 2 aliphatic rings. The Kier molecular flexibility index (Phi) is 6.91. The second-order valence-corrected chi connectivity index (χ2v) is 9.79. The molecular weight excluding hydrogens is 416 g/mol. The number of esters is 1. The largest absolute Gasteiger partial charge is 0.508 e. The number of hydrogen-bond acceptors (Lipinski definition) is 5. The third-order valence-corrected chi connectivity index (χ3v) is 7.68. The first kappa shape index (κ1) is 23.5. The summed E-state index contributed by atoms with van der Waals surface area (Å²) in [4.78, 5) is 34.4. The van der Waals surface area contributed by atoms with E-state index < -0.39 is 17.5 Å². The number of H-pyrrole nitrogens is 1. The molecule has 33 heavy (non-hydrogen) atoms. The molecule has 1 saturated heterocycles. The van der Waals surface area contributed by atoms with Gasteiger partial charge in [-0.25, -0.2) is 4.98 Å². The number of carbonyl (C=O) groups excluding carboxylic acids is 2. The first-order valence-electron chi connectivity index (χ1n) is 12.5. The maximum Gasteiger partial charge on any atom is 0.317 e. The lowest BCUT2D eigenvalue weighted by Gasteiger charge is -2.43. The first-order chi connectivity index (χ1) is 15.8. The van der Waals surface area contributed by atoms with Gasteiger partial charge in [-0.15, -0.1) is 0 Å². The molecule has 0 bridgehead atoms. The van der Waals surface area contributed by atoms with Gasteiger partial charge in [0.15, 0.2) is 5.78 Å². The summed E-state index contributed by atoms with van der Waals surface area (Å²) in [5.74, 6) is 0.241. The zero-order valence-corrected chi connectivity index (χ0v) is 20.1. The number of phenols is 1. The molecule has 2 aromatic rings. The van der Waals surface area contributed by atoms with Gasteiger partial charge in [-0.1, -0.05) is 38.8 Å². The minimum Gasteiger partial charge on any atom is -0.508 e. The summed E-state index contributed by atoms with van der Waals surface area (Å²) in [5.41, 5.74) is 3.00. The highest BCUT2D eigenvalue weighted by molar-refractivity contribution is 6.01. The second-order valence-electron chi connectivity index (χ2n) is 9.79. The number of benzene rings is 1. The zero-order chi connectivity index (χ0) is 23.6. The van der Waals surface area contributed by atoms with Crippen LogP contribution >= 0.6 is 0 Å². The number of phenolic OH excluding ortho intramolecular Hbond substituents is 1. The number of cyclic esters (lactones) is 1. The summed E-state index contributed by atoms with van der Waals surface area (Å²) in [6.07, 6.45) is 7.72. The van der Waals surface area contributed by atoms with E-state index in [1.54, 1.807) is 6.07 Å². The molecule has 1 aromatic carbocycles.